The van der Waals surface area contributed by atoms with Crippen molar-refractivity contribution in [1.82, 2.24) is 0 Å². The minimum atomic E-state index is -0.263. The molecule has 0 aliphatic heterocycles. The largest absolute Gasteiger partial charge is 0.463 e. The highest BCUT2D eigenvalue weighted by Crippen LogP contribution is 2.65. The van der Waals surface area contributed by atoms with Crippen LogP contribution in [-0.4, -0.2) is 37.0 Å². The van der Waals surface area contributed by atoms with Crippen molar-refractivity contribution in [2.45, 2.75) is 60.0 Å². The van der Waals surface area contributed by atoms with Crippen LogP contribution in [0.15, 0.2) is 0 Å². The minimum absolute atomic E-state index is 0.0222. The van der Waals surface area contributed by atoms with E-state index in [-0.39, 0.29) is 40.7 Å². The van der Waals surface area contributed by atoms with Crippen molar-refractivity contribution in [2.24, 2.45) is 28.6 Å². The molecule has 2 saturated carbocycles. The molecule has 2 rings (SSSR count). The van der Waals surface area contributed by atoms with Gasteiger partial charge >= 0.3 is 5.97 Å². The predicted molar refractivity (Wildman–Crippen MR) is 85.3 cm³/mol. The average Bonchev–Trinajstić information content (AvgIpc) is 3.11. The number of aliphatic hydroxyl groups is 1. The van der Waals surface area contributed by atoms with Crippen LogP contribution in [0.25, 0.3) is 0 Å². The van der Waals surface area contributed by atoms with Crippen LogP contribution in [-0.2, 0) is 14.3 Å². The summed E-state index contributed by atoms with van der Waals surface area (Å²) in [5, 5.41) is 10.5. The predicted octanol–water partition coefficient (Wildman–Crippen LogP) is 3.03. The first-order valence-corrected chi connectivity index (χ1v) is 8.64. The van der Waals surface area contributed by atoms with E-state index >= 15 is 0 Å². The lowest BCUT2D eigenvalue weighted by Gasteiger charge is -2.45. The highest BCUT2D eigenvalue weighted by molar-refractivity contribution is 5.77. The smallest absolute Gasteiger partial charge is 0.309 e. The van der Waals surface area contributed by atoms with Gasteiger partial charge in [-0.25, -0.2) is 0 Å². The van der Waals surface area contributed by atoms with Gasteiger partial charge in [-0.05, 0) is 48.9 Å². The molecule has 2 aliphatic rings. The Morgan fingerprint density at radius 1 is 1.23 bits per heavy atom. The second kappa shape index (κ2) is 6.48. The molecule has 1 N–H and O–H groups in total. The van der Waals surface area contributed by atoms with Crippen molar-refractivity contribution in [3.05, 3.63) is 0 Å². The van der Waals surface area contributed by atoms with Crippen LogP contribution in [0, 0.1) is 28.6 Å². The molecule has 4 nitrogen and oxygen atoms in total. The topological polar surface area (TPSA) is 55.8 Å². The third-order valence-corrected chi connectivity index (χ3v) is 5.61. The standard InChI is InChI=1S/C18H32O4/c1-6-21-7-8-22-16(20)14-11-18(14)9-12(2)15(19)13(10-18)17(3,4)5/h12-15,19H,6-11H2,1-5H3. The zero-order valence-electron chi connectivity index (χ0n) is 14.7. The van der Waals surface area contributed by atoms with Gasteiger partial charge in [-0.15, -0.1) is 0 Å². The van der Waals surface area contributed by atoms with Gasteiger partial charge in [-0.1, -0.05) is 27.7 Å². The molecular weight excluding hydrogens is 280 g/mol. The van der Waals surface area contributed by atoms with Crippen LogP contribution < -0.4 is 0 Å². The normalized spacial score (nSPS) is 38.1. The number of hydrogen-bond acceptors (Lipinski definition) is 4. The van der Waals surface area contributed by atoms with Gasteiger partial charge in [0.2, 0.25) is 0 Å². The van der Waals surface area contributed by atoms with Crippen LogP contribution in [0.3, 0.4) is 0 Å². The summed E-state index contributed by atoms with van der Waals surface area (Å²) in [7, 11) is 0. The van der Waals surface area contributed by atoms with Crippen molar-refractivity contribution in [1.29, 1.82) is 0 Å². The van der Waals surface area contributed by atoms with Gasteiger partial charge in [0.15, 0.2) is 0 Å². The molecule has 0 aromatic rings. The molecule has 4 heteroatoms. The number of aliphatic hydroxyl groups excluding tert-OH is 1. The van der Waals surface area contributed by atoms with Crippen molar-refractivity contribution in [3.8, 4) is 0 Å². The third-order valence-electron chi connectivity index (χ3n) is 5.61. The Labute approximate surface area is 134 Å². The molecule has 2 fully saturated rings. The molecule has 0 aromatic heterocycles. The Bertz CT molecular complexity index is 400. The van der Waals surface area contributed by atoms with E-state index in [9.17, 15) is 9.90 Å². The Hall–Kier alpha value is -0.610. The minimum Gasteiger partial charge on any atom is -0.463 e. The Kier molecular flexibility index (Phi) is 5.23. The molecule has 0 saturated heterocycles. The molecule has 5 unspecified atom stereocenters. The summed E-state index contributed by atoms with van der Waals surface area (Å²) in [6, 6.07) is 0. The van der Waals surface area contributed by atoms with Gasteiger partial charge in [0.1, 0.15) is 6.61 Å². The average molecular weight is 312 g/mol. The van der Waals surface area contributed by atoms with E-state index in [4.69, 9.17) is 9.47 Å². The number of esters is 1. The van der Waals surface area contributed by atoms with Crippen molar-refractivity contribution in [2.75, 3.05) is 19.8 Å². The first-order valence-electron chi connectivity index (χ1n) is 8.64. The first-order chi connectivity index (χ1) is 10.2. The van der Waals surface area contributed by atoms with E-state index in [0.717, 1.165) is 19.3 Å². The lowest BCUT2D eigenvalue weighted by Crippen LogP contribution is -2.44. The maximum Gasteiger partial charge on any atom is 0.309 e. The molecule has 128 valence electrons. The van der Waals surface area contributed by atoms with Gasteiger partial charge in [0.25, 0.3) is 0 Å². The third kappa shape index (κ3) is 3.65. The monoisotopic (exact) mass is 312 g/mol. The van der Waals surface area contributed by atoms with Gasteiger partial charge in [-0.3, -0.25) is 4.79 Å². The van der Waals surface area contributed by atoms with Crippen LogP contribution >= 0.6 is 0 Å². The lowest BCUT2D eigenvalue weighted by atomic mass is 9.62. The Balaban J connectivity index is 1.94. The van der Waals surface area contributed by atoms with Gasteiger partial charge in [0, 0.05) is 6.61 Å². The van der Waals surface area contributed by atoms with E-state index in [0.29, 0.717) is 19.8 Å². The fourth-order valence-electron chi connectivity index (χ4n) is 4.20. The summed E-state index contributed by atoms with van der Waals surface area (Å²) in [6.45, 7) is 12.1. The van der Waals surface area contributed by atoms with Crippen LogP contribution in [0.4, 0.5) is 0 Å². The first kappa shape index (κ1) is 17.7. The molecule has 0 aromatic carbocycles. The Morgan fingerprint density at radius 2 is 1.91 bits per heavy atom. The van der Waals surface area contributed by atoms with Crippen molar-refractivity contribution >= 4 is 5.97 Å². The van der Waals surface area contributed by atoms with E-state index in [2.05, 4.69) is 27.7 Å². The number of rotatable bonds is 5. The molecule has 0 radical (unpaired) electrons. The zero-order valence-corrected chi connectivity index (χ0v) is 14.7. The van der Waals surface area contributed by atoms with E-state index in [1.165, 1.54) is 0 Å². The molecular formula is C18H32O4. The lowest BCUT2D eigenvalue weighted by molar-refractivity contribution is -0.149. The molecule has 0 amide bonds. The highest BCUT2D eigenvalue weighted by atomic mass is 16.6. The van der Waals surface area contributed by atoms with Crippen molar-refractivity contribution < 1.29 is 19.4 Å². The second-order valence-electron chi connectivity index (χ2n) is 8.33. The number of ether oxygens (including phenoxy) is 2. The maximum absolute atomic E-state index is 12.2. The molecule has 0 bridgehead atoms. The van der Waals surface area contributed by atoms with E-state index < -0.39 is 0 Å². The molecule has 22 heavy (non-hydrogen) atoms. The Morgan fingerprint density at radius 3 is 2.50 bits per heavy atom. The molecule has 1 spiro atoms. The highest BCUT2D eigenvalue weighted by Gasteiger charge is 2.63. The summed E-state index contributed by atoms with van der Waals surface area (Å²) >= 11 is 0. The fraction of sp³-hybridized carbons (Fsp3) is 0.944. The summed E-state index contributed by atoms with van der Waals surface area (Å²) < 4.78 is 10.6. The van der Waals surface area contributed by atoms with Crippen LogP contribution in [0.1, 0.15) is 53.9 Å². The van der Waals surface area contributed by atoms with Gasteiger partial charge < -0.3 is 14.6 Å². The molecule has 2 aliphatic carbocycles. The number of hydrogen-bond donors (Lipinski definition) is 1. The molecule has 5 atom stereocenters. The zero-order chi connectivity index (χ0) is 16.5. The summed E-state index contributed by atoms with van der Waals surface area (Å²) in [5.41, 5.74) is 0.131. The summed E-state index contributed by atoms with van der Waals surface area (Å²) in [5.74, 6) is 0.446. The van der Waals surface area contributed by atoms with Crippen LogP contribution in [0.5, 0.6) is 0 Å². The molecule has 0 heterocycles. The summed E-state index contributed by atoms with van der Waals surface area (Å²) in [6.07, 6.45) is 2.53. The SMILES string of the molecule is CCOCCOC(=O)C1CC12CC(C)C(O)C(C(C)(C)C)C2. The van der Waals surface area contributed by atoms with E-state index in [1.54, 1.807) is 0 Å². The van der Waals surface area contributed by atoms with Gasteiger partial charge in [0.05, 0.1) is 18.6 Å². The number of carbonyl (C=O) groups excluding carboxylic acids is 1. The quantitative estimate of drug-likeness (QED) is 0.626. The maximum atomic E-state index is 12.2. The second-order valence-corrected chi connectivity index (χ2v) is 8.33. The van der Waals surface area contributed by atoms with Crippen molar-refractivity contribution in [3.63, 3.8) is 0 Å². The summed E-state index contributed by atoms with van der Waals surface area (Å²) in [4.78, 5) is 12.2. The fourth-order valence-corrected chi connectivity index (χ4v) is 4.20. The van der Waals surface area contributed by atoms with E-state index in [1.807, 2.05) is 6.92 Å². The number of carbonyl (C=O) groups is 1. The van der Waals surface area contributed by atoms with Gasteiger partial charge in [-0.2, -0.15) is 0 Å². The van der Waals surface area contributed by atoms with Crippen LogP contribution in [0.2, 0.25) is 0 Å².